The molecule has 4 aliphatic carbocycles. The van der Waals surface area contributed by atoms with Gasteiger partial charge in [-0.2, -0.15) is 0 Å². The fourth-order valence-corrected chi connectivity index (χ4v) is 7.33. The van der Waals surface area contributed by atoms with Crippen LogP contribution >= 0.6 is 0 Å². The zero-order chi connectivity index (χ0) is 20.7. The second-order valence-electron chi connectivity index (χ2n) is 10.5. The lowest BCUT2D eigenvalue weighted by atomic mass is 9.48. The van der Waals surface area contributed by atoms with E-state index in [4.69, 9.17) is 4.42 Å². The highest BCUT2D eigenvalue weighted by Crippen LogP contribution is 2.60. The number of hydrogen-bond acceptors (Lipinski definition) is 3. The van der Waals surface area contributed by atoms with Crippen molar-refractivity contribution >= 4 is 22.0 Å². The van der Waals surface area contributed by atoms with Crippen molar-refractivity contribution in [3.05, 3.63) is 64.0 Å². The molecule has 2 aromatic heterocycles. The van der Waals surface area contributed by atoms with E-state index in [9.17, 15) is 4.79 Å². The second-order valence-corrected chi connectivity index (χ2v) is 10.5. The number of imidazole rings is 1. The molecule has 156 valence electrons. The number of rotatable bonds is 2. The molecule has 0 aliphatic heterocycles. The van der Waals surface area contributed by atoms with E-state index in [0.29, 0.717) is 22.4 Å². The fraction of sp³-hybridized carbons (Fsp3) is 0.407. The lowest BCUT2D eigenvalue weighted by Gasteiger charge is -2.57. The van der Waals surface area contributed by atoms with Gasteiger partial charge in [-0.25, -0.2) is 9.78 Å². The van der Waals surface area contributed by atoms with E-state index in [1.54, 1.807) is 0 Å². The fourth-order valence-electron chi connectivity index (χ4n) is 7.33. The maximum atomic E-state index is 12.8. The van der Waals surface area contributed by atoms with Crippen LogP contribution in [0.2, 0.25) is 0 Å². The summed E-state index contributed by atoms with van der Waals surface area (Å²) < 4.78 is 5.73. The van der Waals surface area contributed by atoms with Gasteiger partial charge in [0, 0.05) is 5.39 Å². The minimum absolute atomic E-state index is 0.329. The Labute approximate surface area is 180 Å². The quantitative estimate of drug-likeness (QED) is 0.406. The third-order valence-corrected chi connectivity index (χ3v) is 8.28. The zero-order valence-corrected chi connectivity index (χ0v) is 17.8. The van der Waals surface area contributed by atoms with Crippen LogP contribution in [0.4, 0.5) is 0 Å². The topological polar surface area (TPSA) is 58.9 Å². The van der Waals surface area contributed by atoms with Gasteiger partial charge in [0.15, 0.2) is 0 Å². The summed E-state index contributed by atoms with van der Waals surface area (Å²) >= 11 is 0. The van der Waals surface area contributed by atoms with Gasteiger partial charge in [0.25, 0.3) is 0 Å². The van der Waals surface area contributed by atoms with Crippen LogP contribution in [0, 0.1) is 24.7 Å². The Kier molecular flexibility index (Phi) is 3.49. The number of benzene rings is 2. The molecule has 31 heavy (non-hydrogen) atoms. The van der Waals surface area contributed by atoms with Crippen LogP contribution in [-0.2, 0) is 5.41 Å². The highest BCUT2D eigenvalue weighted by atomic mass is 16.4. The number of fused-ring (bicyclic) bond motifs is 2. The number of aromatic nitrogens is 2. The first-order chi connectivity index (χ1) is 15.0. The molecule has 4 nitrogen and oxygen atoms in total. The Morgan fingerprint density at radius 1 is 0.968 bits per heavy atom. The summed E-state index contributed by atoms with van der Waals surface area (Å²) in [6, 6.07) is 14.6. The number of aromatic amines is 1. The third-order valence-electron chi connectivity index (χ3n) is 8.28. The van der Waals surface area contributed by atoms with Crippen LogP contribution in [0.5, 0.6) is 0 Å². The maximum absolute atomic E-state index is 12.8. The van der Waals surface area contributed by atoms with E-state index in [1.165, 1.54) is 44.1 Å². The zero-order valence-electron chi connectivity index (χ0n) is 17.8. The highest BCUT2D eigenvalue weighted by Gasteiger charge is 2.51. The van der Waals surface area contributed by atoms with Gasteiger partial charge in [0.1, 0.15) is 17.0 Å². The van der Waals surface area contributed by atoms with Gasteiger partial charge < -0.3 is 9.40 Å². The summed E-state index contributed by atoms with van der Waals surface area (Å²) in [6.45, 7) is 2.05. The summed E-state index contributed by atoms with van der Waals surface area (Å²) in [5.41, 5.74) is 5.56. The van der Waals surface area contributed by atoms with Crippen molar-refractivity contribution in [3.63, 3.8) is 0 Å². The van der Waals surface area contributed by atoms with Crippen molar-refractivity contribution in [2.45, 2.75) is 50.9 Å². The van der Waals surface area contributed by atoms with Gasteiger partial charge >= 0.3 is 5.63 Å². The number of aryl methyl sites for hydroxylation is 1. The lowest BCUT2D eigenvalue weighted by Crippen LogP contribution is -2.48. The molecule has 8 rings (SSSR count). The van der Waals surface area contributed by atoms with Gasteiger partial charge in [-0.15, -0.1) is 0 Å². The van der Waals surface area contributed by atoms with Gasteiger partial charge in [0.2, 0.25) is 0 Å². The molecule has 0 amide bonds. The maximum Gasteiger partial charge on any atom is 0.347 e. The third kappa shape index (κ3) is 2.67. The molecule has 4 fully saturated rings. The van der Waals surface area contributed by atoms with E-state index < -0.39 is 0 Å². The number of nitrogens with zero attached hydrogens (tertiary/aromatic N) is 1. The average Bonchev–Trinajstić information content (AvgIpc) is 3.15. The number of H-pyrrole nitrogens is 1. The Bertz CT molecular complexity index is 1370. The molecule has 2 heterocycles. The number of nitrogens with one attached hydrogen (secondary N) is 1. The van der Waals surface area contributed by atoms with E-state index >= 15 is 0 Å². The largest absolute Gasteiger partial charge is 0.422 e. The molecule has 1 N–H and O–H groups in total. The van der Waals surface area contributed by atoms with Crippen molar-refractivity contribution < 1.29 is 4.42 Å². The van der Waals surface area contributed by atoms with Gasteiger partial charge in [-0.05, 0) is 110 Å². The van der Waals surface area contributed by atoms with Crippen molar-refractivity contribution in [1.29, 1.82) is 0 Å². The van der Waals surface area contributed by atoms with E-state index in [0.717, 1.165) is 39.7 Å². The summed E-state index contributed by atoms with van der Waals surface area (Å²) in [4.78, 5) is 20.7. The van der Waals surface area contributed by atoms with E-state index in [2.05, 4.69) is 35.1 Å². The lowest BCUT2D eigenvalue weighted by molar-refractivity contribution is -0.00513. The summed E-state index contributed by atoms with van der Waals surface area (Å²) in [5, 5.41) is 1.000. The second kappa shape index (κ2) is 6.09. The highest BCUT2D eigenvalue weighted by molar-refractivity contribution is 5.84. The van der Waals surface area contributed by atoms with Crippen LogP contribution in [0.1, 0.15) is 49.7 Å². The Morgan fingerprint density at radius 2 is 1.71 bits per heavy atom. The molecular weight excluding hydrogens is 384 g/mol. The monoisotopic (exact) mass is 410 g/mol. The molecule has 0 atom stereocenters. The molecule has 4 saturated carbocycles. The van der Waals surface area contributed by atoms with E-state index in [1.807, 2.05) is 24.3 Å². The van der Waals surface area contributed by atoms with Crippen LogP contribution in [0.3, 0.4) is 0 Å². The Hall–Kier alpha value is -2.88. The predicted octanol–water partition coefficient (Wildman–Crippen LogP) is 6.11. The first kappa shape index (κ1) is 17.8. The standard InChI is InChI=1S/C27H26N2O2/c1-15-2-4-22-23(6-15)29-25(28-22)21-11-19-10-20(3-5-24(19)31-26(21)30)27-12-16-7-17(13-27)9-18(8-16)14-27/h2-6,10-11,16-18H,7-9,12-14H2,1H3,(H,28,29). The molecular formula is C27H26N2O2. The summed E-state index contributed by atoms with van der Waals surface area (Å²) in [5.74, 6) is 3.30. The molecule has 2 aromatic carbocycles. The van der Waals surface area contributed by atoms with Crippen LogP contribution in [0.25, 0.3) is 33.4 Å². The molecule has 4 bridgehead atoms. The smallest absolute Gasteiger partial charge is 0.347 e. The van der Waals surface area contributed by atoms with Gasteiger partial charge in [-0.3, -0.25) is 0 Å². The number of hydrogen-bond donors (Lipinski definition) is 1. The summed E-state index contributed by atoms with van der Waals surface area (Å²) in [6.07, 6.45) is 8.32. The molecule has 4 aromatic rings. The molecule has 0 radical (unpaired) electrons. The van der Waals surface area contributed by atoms with Gasteiger partial charge in [-0.1, -0.05) is 12.1 Å². The van der Waals surface area contributed by atoms with Crippen molar-refractivity contribution in [2.75, 3.05) is 0 Å². The normalized spacial score (nSPS) is 29.3. The molecule has 0 spiro atoms. The summed E-state index contributed by atoms with van der Waals surface area (Å²) in [7, 11) is 0. The minimum Gasteiger partial charge on any atom is -0.422 e. The first-order valence-corrected chi connectivity index (χ1v) is 11.6. The molecule has 0 saturated heterocycles. The molecule has 0 unspecified atom stereocenters. The minimum atomic E-state index is -0.342. The van der Waals surface area contributed by atoms with Crippen molar-refractivity contribution in [1.82, 2.24) is 9.97 Å². The van der Waals surface area contributed by atoms with Crippen LogP contribution in [0.15, 0.2) is 51.7 Å². The first-order valence-electron chi connectivity index (χ1n) is 11.6. The SMILES string of the molecule is Cc1ccc2nc(-c3cc4cc(C56CC7CC(CC(C7)C5)C6)ccc4oc3=O)[nH]c2c1. The molecule has 4 heteroatoms. The Balaban J connectivity index is 1.35. The predicted molar refractivity (Wildman–Crippen MR) is 122 cm³/mol. The van der Waals surface area contributed by atoms with Crippen LogP contribution in [-0.4, -0.2) is 9.97 Å². The van der Waals surface area contributed by atoms with Gasteiger partial charge in [0.05, 0.1) is 11.0 Å². The average molecular weight is 411 g/mol. The van der Waals surface area contributed by atoms with Crippen molar-refractivity contribution in [2.24, 2.45) is 17.8 Å². The Morgan fingerprint density at radius 3 is 2.45 bits per heavy atom. The van der Waals surface area contributed by atoms with E-state index in [-0.39, 0.29) is 5.63 Å². The van der Waals surface area contributed by atoms with Crippen molar-refractivity contribution in [3.8, 4) is 11.4 Å². The molecule has 4 aliphatic rings. The van der Waals surface area contributed by atoms with Crippen LogP contribution < -0.4 is 5.63 Å².